The van der Waals surface area contributed by atoms with Crippen molar-refractivity contribution < 1.29 is 14.3 Å². The molecule has 1 fully saturated rings. The highest BCUT2D eigenvalue weighted by Gasteiger charge is 2.42. The molecule has 5 nitrogen and oxygen atoms in total. The van der Waals surface area contributed by atoms with Crippen molar-refractivity contribution in [3.8, 4) is 5.75 Å². The van der Waals surface area contributed by atoms with Crippen LogP contribution in [0.15, 0.2) is 29.8 Å². The lowest BCUT2D eigenvalue weighted by Crippen LogP contribution is -2.46. The minimum atomic E-state index is -0.186. The molecule has 1 aromatic carbocycles. The number of nitrogens with zero attached hydrogens (tertiary/aromatic N) is 1. The second-order valence-corrected chi connectivity index (χ2v) is 7.91. The first-order valence-corrected chi connectivity index (χ1v) is 11.3. The van der Waals surface area contributed by atoms with Gasteiger partial charge in [0.2, 0.25) is 0 Å². The number of piperidine rings is 1. The molecule has 2 aromatic rings. The third kappa shape index (κ3) is 3.76. The lowest BCUT2D eigenvalue weighted by molar-refractivity contribution is -0.137. The summed E-state index contributed by atoms with van der Waals surface area (Å²) in [5, 5.41) is 1.22. The molecule has 3 heterocycles. The summed E-state index contributed by atoms with van der Waals surface area (Å²) in [6, 6.07) is 6.50. The van der Waals surface area contributed by atoms with E-state index in [2.05, 4.69) is 22.9 Å². The highest BCUT2D eigenvalue weighted by Crippen LogP contribution is 2.47. The zero-order valence-electron chi connectivity index (χ0n) is 19.2. The summed E-state index contributed by atoms with van der Waals surface area (Å²) in [6.45, 7) is 10.2. The topological polar surface area (TPSA) is 54.6 Å². The zero-order chi connectivity index (χ0) is 21.8. The molecule has 5 heteroatoms. The average molecular weight is 413 g/mol. The fourth-order valence-electron chi connectivity index (χ4n) is 5.35. The Hall–Kier alpha value is -2.27. The van der Waals surface area contributed by atoms with E-state index in [1.165, 1.54) is 23.8 Å². The molecule has 30 heavy (non-hydrogen) atoms. The highest BCUT2D eigenvalue weighted by atomic mass is 16.5. The molecule has 0 radical (unpaired) electrons. The van der Waals surface area contributed by atoms with E-state index in [1.807, 2.05) is 39.0 Å². The fourth-order valence-corrected chi connectivity index (χ4v) is 5.35. The van der Waals surface area contributed by atoms with Crippen LogP contribution in [0.25, 0.3) is 10.9 Å². The van der Waals surface area contributed by atoms with E-state index < -0.39 is 0 Å². The van der Waals surface area contributed by atoms with Crippen LogP contribution in [0.5, 0.6) is 5.75 Å². The first kappa shape index (κ1) is 22.4. The number of esters is 1. The monoisotopic (exact) mass is 412 g/mol. The van der Waals surface area contributed by atoms with Gasteiger partial charge in [0.15, 0.2) is 0 Å². The largest absolute Gasteiger partial charge is 0.496 e. The number of methoxy groups -OCH3 is 2. The van der Waals surface area contributed by atoms with Crippen LogP contribution in [-0.4, -0.2) is 43.2 Å². The van der Waals surface area contributed by atoms with Gasteiger partial charge in [0, 0.05) is 35.3 Å². The van der Waals surface area contributed by atoms with Gasteiger partial charge in [-0.25, -0.2) is 4.79 Å². The average Bonchev–Trinajstić information content (AvgIpc) is 3.19. The Morgan fingerprint density at radius 1 is 1.30 bits per heavy atom. The smallest absolute Gasteiger partial charge is 0.333 e. The number of fused-ring (bicyclic) bond motifs is 5. The van der Waals surface area contributed by atoms with Gasteiger partial charge in [0.05, 0.1) is 20.3 Å². The first-order chi connectivity index (χ1) is 14.6. The van der Waals surface area contributed by atoms with Crippen molar-refractivity contribution in [1.82, 2.24) is 9.88 Å². The van der Waals surface area contributed by atoms with Crippen LogP contribution in [0.2, 0.25) is 0 Å². The summed E-state index contributed by atoms with van der Waals surface area (Å²) in [5.74, 6) is 1.45. The van der Waals surface area contributed by atoms with Gasteiger partial charge in [0.1, 0.15) is 5.75 Å². The van der Waals surface area contributed by atoms with E-state index in [0.717, 1.165) is 49.2 Å². The van der Waals surface area contributed by atoms with Gasteiger partial charge in [-0.3, -0.25) is 4.90 Å². The maximum atomic E-state index is 12.4. The number of allylic oxidation sites excluding steroid dienone is 1. The summed E-state index contributed by atoms with van der Waals surface area (Å²) in [4.78, 5) is 18.7. The SMILES string of the molecule is C/C=C(/C(=O)OC)C1CC2c3[nH]c4cccc(OC)c4c3CCN2CC1CC.CC. The van der Waals surface area contributed by atoms with Gasteiger partial charge in [-0.1, -0.05) is 39.3 Å². The Morgan fingerprint density at radius 3 is 2.70 bits per heavy atom. The number of aromatic nitrogens is 1. The number of hydrogen-bond acceptors (Lipinski definition) is 4. The number of H-pyrrole nitrogens is 1. The predicted molar refractivity (Wildman–Crippen MR) is 122 cm³/mol. The number of aromatic amines is 1. The van der Waals surface area contributed by atoms with Crippen molar-refractivity contribution in [1.29, 1.82) is 0 Å². The Bertz CT molecular complexity index is 914. The molecular weight excluding hydrogens is 376 g/mol. The van der Waals surface area contributed by atoms with Gasteiger partial charge in [-0.2, -0.15) is 0 Å². The van der Waals surface area contributed by atoms with Crippen LogP contribution in [0.4, 0.5) is 0 Å². The molecule has 4 rings (SSSR count). The summed E-state index contributed by atoms with van der Waals surface area (Å²) in [5.41, 5.74) is 4.64. The molecule has 164 valence electrons. The number of carbonyl (C=O) groups is 1. The van der Waals surface area contributed by atoms with Crippen molar-refractivity contribution >= 4 is 16.9 Å². The molecule has 0 aliphatic carbocycles. The minimum Gasteiger partial charge on any atom is -0.496 e. The molecule has 0 spiro atoms. The standard InChI is InChI=1S/C23H30N2O3.C2H6/c1-5-14-13-25-11-10-16-21-18(8-7-9-20(21)27-3)24-22(16)19(25)12-17(14)15(6-2)23(26)28-4;1-2/h6-9,14,17,19,24H,5,10-13H2,1-4H3;1-2H3/b15-6+;. The molecule has 3 unspecified atom stereocenters. The second-order valence-electron chi connectivity index (χ2n) is 7.91. The van der Waals surface area contributed by atoms with E-state index in [4.69, 9.17) is 9.47 Å². The van der Waals surface area contributed by atoms with Crippen LogP contribution >= 0.6 is 0 Å². The first-order valence-electron chi connectivity index (χ1n) is 11.3. The lowest BCUT2D eigenvalue weighted by Gasteiger charge is -2.46. The van der Waals surface area contributed by atoms with Crippen molar-refractivity contribution in [2.75, 3.05) is 27.3 Å². The molecule has 0 amide bonds. The van der Waals surface area contributed by atoms with Crippen LogP contribution < -0.4 is 4.74 Å². The molecule has 0 saturated carbocycles. The van der Waals surface area contributed by atoms with Gasteiger partial charge in [-0.05, 0) is 49.3 Å². The summed E-state index contributed by atoms with van der Waals surface area (Å²) in [6.07, 6.45) is 4.98. The third-order valence-corrected chi connectivity index (χ3v) is 6.74. The Balaban J connectivity index is 0.00000124. The maximum Gasteiger partial charge on any atom is 0.333 e. The van der Waals surface area contributed by atoms with E-state index in [9.17, 15) is 4.79 Å². The molecule has 3 atom stereocenters. The Kier molecular flexibility index (Phi) is 7.24. The van der Waals surface area contributed by atoms with Gasteiger partial charge >= 0.3 is 5.97 Å². The van der Waals surface area contributed by atoms with Gasteiger partial charge in [0.25, 0.3) is 0 Å². The van der Waals surface area contributed by atoms with Crippen molar-refractivity contribution in [2.24, 2.45) is 11.8 Å². The quantitative estimate of drug-likeness (QED) is 0.549. The molecular formula is C25H36N2O3. The number of carbonyl (C=O) groups excluding carboxylic acids is 1. The van der Waals surface area contributed by atoms with Crippen LogP contribution in [0.3, 0.4) is 0 Å². The molecule has 2 aliphatic heterocycles. The number of ether oxygens (including phenoxy) is 2. The van der Waals surface area contributed by atoms with Crippen LogP contribution in [0, 0.1) is 11.8 Å². The fraction of sp³-hybridized carbons (Fsp3) is 0.560. The lowest BCUT2D eigenvalue weighted by atomic mass is 9.73. The normalized spacial score (nSPS) is 23.8. The van der Waals surface area contributed by atoms with Crippen molar-refractivity contribution in [2.45, 2.75) is 53.0 Å². The van der Waals surface area contributed by atoms with Crippen molar-refractivity contribution in [3.05, 3.63) is 41.1 Å². The predicted octanol–water partition coefficient (Wildman–Crippen LogP) is 5.27. The van der Waals surface area contributed by atoms with Gasteiger partial charge in [-0.15, -0.1) is 0 Å². The zero-order valence-corrected chi connectivity index (χ0v) is 19.2. The van der Waals surface area contributed by atoms with E-state index >= 15 is 0 Å². The molecule has 2 aliphatic rings. The summed E-state index contributed by atoms with van der Waals surface area (Å²) < 4.78 is 10.7. The van der Waals surface area contributed by atoms with Crippen LogP contribution in [-0.2, 0) is 16.0 Å². The van der Waals surface area contributed by atoms with Crippen molar-refractivity contribution in [3.63, 3.8) is 0 Å². The number of nitrogens with one attached hydrogen (secondary N) is 1. The minimum absolute atomic E-state index is 0.186. The highest BCUT2D eigenvalue weighted by molar-refractivity contribution is 5.91. The number of benzene rings is 1. The maximum absolute atomic E-state index is 12.4. The summed E-state index contributed by atoms with van der Waals surface area (Å²) in [7, 11) is 3.21. The molecule has 1 saturated heterocycles. The number of hydrogen-bond donors (Lipinski definition) is 1. The third-order valence-electron chi connectivity index (χ3n) is 6.74. The van der Waals surface area contributed by atoms with Crippen LogP contribution in [0.1, 0.15) is 57.8 Å². The van der Waals surface area contributed by atoms with E-state index in [0.29, 0.717) is 12.0 Å². The van der Waals surface area contributed by atoms with E-state index in [-0.39, 0.29) is 11.9 Å². The molecule has 1 aromatic heterocycles. The van der Waals surface area contributed by atoms with Gasteiger partial charge < -0.3 is 14.5 Å². The van der Waals surface area contributed by atoms with E-state index in [1.54, 1.807) is 7.11 Å². The Morgan fingerprint density at radius 2 is 2.07 bits per heavy atom. The molecule has 1 N–H and O–H groups in total. The summed E-state index contributed by atoms with van der Waals surface area (Å²) >= 11 is 0. The molecule has 0 bridgehead atoms. The number of rotatable bonds is 4. The Labute approximate surface area is 180 Å². The second kappa shape index (κ2) is 9.69.